The van der Waals surface area contributed by atoms with Gasteiger partial charge in [0.2, 0.25) is 5.91 Å². The molecule has 1 aliphatic rings. The fraction of sp³-hybridized carbons (Fsp3) is 0.857. The van der Waals surface area contributed by atoms with E-state index in [0.29, 0.717) is 19.4 Å². The quantitative estimate of drug-likeness (QED) is 0.0196. The van der Waals surface area contributed by atoms with Gasteiger partial charge in [0.1, 0.15) is 24.4 Å². The summed E-state index contributed by atoms with van der Waals surface area (Å²) in [5, 5.41) is 54.1. The summed E-state index contributed by atoms with van der Waals surface area (Å²) < 4.78 is 16.6. The molecular weight excluding hydrogens is 847 g/mol. The molecule has 6 N–H and O–H groups in total. The molecule has 1 fully saturated rings. The van der Waals surface area contributed by atoms with Crippen molar-refractivity contribution < 1.29 is 49.3 Å². The van der Waals surface area contributed by atoms with Gasteiger partial charge in [-0.2, -0.15) is 0 Å². The third-order valence-corrected chi connectivity index (χ3v) is 13.0. The average molecular weight is 950 g/mol. The number of esters is 1. The molecule has 392 valence electrons. The molecule has 7 unspecified atom stereocenters. The molecule has 0 aromatic rings. The van der Waals surface area contributed by atoms with E-state index in [1.807, 2.05) is 6.08 Å². The first-order chi connectivity index (χ1) is 32.7. The molecule has 11 heteroatoms. The van der Waals surface area contributed by atoms with Crippen LogP contribution in [0.5, 0.6) is 0 Å². The van der Waals surface area contributed by atoms with Crippen LogP contribution in [0, 0.1) is 0 Å². The van der Waals surface area contributed by atoms with Crippen LogP contribution in [0.4, 0.5) is 0 Å². The van der Waals surface area contributed by atoms with Crippen molar-refractivity contribution in [3.05, 3.63) is 36.5 Å². The molecule has 1 rings (SSSR count). The Morgan fingerprint density at radius 2 is 0.970 bits per heavy atom. The minimum atomic E-state index is -1.58. The number of rotatable bonds is 47. The van der Waals surface area contributed by atoms with E-state index in [-0.39, 0.29) is 18.5 Å². The molecule has 0 aromatic heterocycles. The van der Waals surface area contributed by atoms with Gasteiger partial charge in [-0.1, -0.05) is 198 Å². The highest BCUT2D eigenvalue weighted by Crippen LogP contribution is 2.23. The number of carbonyl (C=O) groups excluding carboxylic acids is 2. The Balaban J connectivity index is 2.11. The predicted molar refractivity (Wildman–Crippen MR) is 274 cm³/mol. The molecule has 7 atom stereocenters. The highest BCUT2D eigenvalue weighted by atomic mass is 16.7. The maximum atomic E-state index is 13.0. The molecule has 0 spiro atoms. The molecular formula is C56H103NO10. The number of allylic oxidation sites excluding steroid dienone is 5. The SMILES string of the molecule is CCCCCC/C=C/CC/C=C/C(O)C(COC1OC(CO)C(O)C(O)C1O)NC(=O)CCCCCCC/C=C\CCCCCCCCCCCOC(=O)CCCCCCCCCCCCC. The lowest BCUT2D eigenvalue weighted by atomic mass is 9.99. The van der Waals surface area contributed by atoms with Gasteiger partial charge < -0.3 is 45.1 Å². The van der Waals surface area contributed by atoms with Crippen LogP contribution < -0.4 is 5.32 Å². The first-order valence-corrected chi connectivity index (χ1v) is 27.8. The number of unbranched alkanes of at least 4 members (excludes halogenated alkanes) is 29. The highest BCUT2D eigenvalue weighted by molar-refractivity contribution is 5.76. The second-order valence-electron chi connectivity index (χ2n) is 19.3. The molecule has 0 aromatic carbocycles. The zero-order valence-corrected chi connectivity index (χ0v) is 42.9. The molecule has 0 aliphatic carbocycles. The lowest BCUT2D eigenvalue weighted by Crippen LogP contribution is -2.60. The van der Waals surface area contributed by atoms with Gasteiger partial charge >= 0.3 is 5.97 Å². The molecule has 0 radical (unpaired) electrons. The zero-order valence-electron chi connectivity index (χ0n) is 42.9. The summed E-state index contributed by atoms with van der Waals surface area (Å²) in [7, 11) is 0. The van der Waals surface area contributed by atoms with E-state index >= 15 is 0 Å². The predicted octanol–water partition coefficient (Wildman–Crippen LogP) is 11.9. The Morgan fingerprint density at radius 3 is 1.49 bits per heavy atom. The molecule has 1 heterocycles. The molecule has 11 nitrogen and oxygen atoms in total. The van der Waals surface area contributed by atoms with Crippen LogP contribution in [0.15, 0.2) is 36.5 Å². The summed E-state index contributed by atoms with van der Waals surface area (Å²) in [5.74, 6) is -0.223. The summed E-state index contributed by atoms with van der Waals surface area (Å²) in [6, 6.07) is -0.836. The standard InChI is InChI=1S/C56H103NO10/c1-3-5-7-9-11-13-23-28-32-36-40-44-52(61)65-45-41-37-33-29-25-22-20-18-16-15-17-19-21-24-27-31-35-39-43-51(60)57-48(47-66-56-55(64)54(63)53(62)50(46-58)67-56)49(59)42-38-34-30-26-14-12-10-8-6-4-2/h14,17,19,26,38,42,48-50,53-56,58-59,62-64H,3-13,15-16,18,20-25,27-37,39-41,43-47H2,1-2H3,(H,57,60)/b19-17-,26-14+,42-38+. The van der Waals surface area contributed by atoms with E-state index in [9.17, 15) is 35.1 Å². The second kappa shape index (κ2) is 46.3. The van der Waals surface area contributed by atoms with Crippen LogP contribution in [0.3, 0.4) is 0 Å². The number of hydrogen-bond acceptors (Lipinski definition) is 10. The van der Waals surface area contributed by atoms with Crippen molar-refractivity contribution in [1.29, 1.82) is 0 Å². The zero-order chi connectivity index (χ0) is 48.8. The normalized spacial score (nSPS) is 19.8. The summed E-state index contributed by atoms with van der Waals surface area (Å²) in [5.41, 5.74) is 0. The Bertz CT molecular complexity index is 1210. The van der Waals surface area contributed by atoms with E-state index in [2.05, 4.69) is 43.5 Å². The van der Waals surface area contributed by atoms with Gasteiger partial charge in [-0.3, -0.25) is 9.59 Å². The number of aliphatic hydroxyl groups is 5. The van der Waals surface area contributed by atoms with Crippen LogP contribution in [0.1, 0.15) is 245 Å². The van der Waals surface area contributed by atoms with Gasteiger partial charge in [-0.25, -0.2) is 0 Å². The highest BCUT2D eigenvalue weighted by Gasteiger charge is 2.44. The Morgan fingerprint density at radius 1 is 0.537 bits per heavy atom. The maximum absolute atomic E-state index is 13.0. The van der Waals surface area contributed by atoms with Gasteiger partial charge in [0.15, 0.2) is 6.29 Å². The lowest BCUT2D eigenvalue weighted by Gasteiger charge is -2.40. The number of nitrogens with one attached hydrogen (secondary N) is 1. The van der Waals surface area contributed by atoms with Crippen LogP contribution in [-0.4, -0.2) is 100 Å². The smallest absolute Gasteiger partial charge is 0.305 e. The van der Waals surface area contributed by atoms with E-state index in [0.717, 1.165) is 89.9 Å². The van der Waals surface area contributed by atoms with Gasteiger partial charge in [0.25, 0.3) is 0 Å². The molecule has 0 saturated carbocycles. The van der Waals surface area contributed by atoms with Crippen molar-refractivity contribution >= 4 is 11.9 Å². The van der Waals surface area contributed by atoms with Crippen molar-refractivity contribution in [2.75, 3.05) is 19.8 Å². The van der Waals surface area contributed by atoms with E-state index in [1.165, 1.54) is 128 Å². The minimum Gasteiger partial charge on any atom is -0.466 e. The number of aliphatic hydroxyl groups excluding tert-OH is 5. The van der Waals surface area contributed by atoms with E-state index < -0.39 is 49.5 Å². The number of ether oxygens (including phenoxy) is 3. The van der Waals surface area contributed by atoms with Crippen LogP contribution in [0.25, 0.3) is 0 Å². The van der Waals surface area contributed by atoms with Gasteiger partial charge in [0, 0.05) is 12.8 Å². The molecule has 67 heavy (non-hydrogen) atoms. The Labute approximate surface area is 409 Å². The van der Waals surface area contributed by atoms with Crippen molar-refractivity contribution in [2.45, 2.75) is 288 Å². The van der Waals surface area contributed by atoms with Crippen LogP contribution in [0.2, 0.25) is 0 Å². The monoisotopic (exact) mass is 950 g/mol. The summed E-state index contributed by atoms with van der Waals surface area (Å²) in [6.45, 7) is 4.25. The third kappa shape index (κ3) is 36.5. The van der Waals surface area contributed by atoms with Crippen molar-refractivity contribution in [2.24, 2.45) is 0 Å². The fourth-order valence-corrected chi connectivity index (χ4v) is 8.50. The largest absolute Gasteiger partial charge is 0.466 e. The first kappa shape index (κ1) is 62.9. The maximum Gasteiger partial charge on any atom is 0.305 e. The van der Waals surface area contributed by atoms with Gasteiger partial charge in [-0.05, 0) is 70.6 Å². The second-order valence-corrected chi connectivity index (χ2v) is 19.3. The Hall–Kier alpha value is -2.12. The van der Waals surface area contributed by atoms with E-state index in [4.69, 9.17) is 14.2 Å². The van der Waals surface area contributed by atoms with Crippen molar-refractivity contribution in [1.82, 2.24) is 5.32 Å². The van der Waals surface area contributed by atoms with Crippen molar-refractivity contribution in [3.8, 4) is 0 Å². The molecule has 0 bridgehead atoms. The summed E-state index contributed by atoms with van der Waals surface area (Å²) >= 11 is 0. The summed E-state index contributed by atoms with van der Waals surface area (Å²) in [4.78, 5) is 25.0. The number of hydrogen-bond donors (Lipinski definition) is 6. The Kier molecular flexibility index (Phi) is 43.4. The molecule has 1 saturated heterocycles. The first-order valence-electron chi connectivity index (χ1n) is 27.8. The summed E-state index contributed by atoms with van der Waals surface area (Å²) in [6.07, 6.45) is 45.2. The van der Waals surface area contributed by atoms with Crippen LogP contribution in [-0.2, 0) is 23.8 Å². The fourth-order valence-electron chi connectivity index (χ4n) is 8.50. The molecule has 1 amide bonds. The third-order valence-electron chi connectivity index (χ3n) is 13.0. The average Bonchev–Trinajstić information content (AvgIpc) is 3.32. The topological polar surface area (TPSA) is 175 Å². The number of carbonyl (C=O) groups is 2. The van der Waals surface area contributed by atoms with E-state index in [1.54, 1.807) is 6.08 Å². The van der Waals surface area contributed by atoms with Gasteiger partial charge in [-0.15, -0.1) is 0 Å². The van der Waals surface area contributed by atoms with Gasteiger partial charge in [0.05, 0.1) is 32.0 Å². The minimum absolute atomic E-state index is 0.0144. The lowest BCUT2D eigenvalue weighted by molar-refractivity contribution is -0.302. The number of amides is 1. The molecule has 1 aliphatic heterocycles. The van der Waals surface area contributed by atoms with Crippen LogP contribution >= 0.6 is 0 Å². The van der Waals surface area contributed by atoms with Crippen molar-refractivity contribution in [3.63, 3.8) is 0 Å².